The third kappa shape index (κ3) is 2.05. The summed E-state index contributed by atoms with van der Waals surface area (Å²) in [6, 6.07) is 0. The van der Waals surface area contributed by atoms with E-state index in [0.29, 0.717) is 12.2 Å². The lowest BCUT2D eigenvalue weighted by molar-refractivity contribution is 0.0996. The number of thiazole rings is 1. The van der Waals surface area contributed by atoms with Crippen LogP contribution >= 0.6 is 11.3 Å². The van der Waals surface area contributed by atoms with Gasteiger partial charge in [0.25, 0.3) is 5.91 Å². The number of carbonyl (C=O) groups excluding carboxylic acids is 1. The maximum absolute atomic E-state index is 11.3. The van der Waals surface area contributed by atoms with Gasteiger partial charge in [0.05, 0.1) is 4.88 Å². The summed E-state index contributed by atoms with van der Waals surface area (Å²) in [7, 11) is 0. The van der Waals surface area contributed by atoms with Gasteiger partial charge in [0, 0.05) is 6.54 Å². The molecule has 4 nitrogen and oxygen atoms in total. The highest BCUT2D eigenvalue weighted by Gasteiger charge is 2.17. The second-order valence-electron chi connectivity index (χ2n) is 3.49. The van der Waals surface area contributed by atoms with E-state index in [2.05, 4.69) is 17.1 Å². The Bertz CT molecular complexity index is 474. The van der Waals surface area contributed by atoms with Crippen LogP contribution in [0.2, 0.25) is 0 Å². The maximum atomic E-state index is 11.3. The number of carbonyl (C=O) groups is 1. The van der Waals surface area contributed by atoms with Gasteiger partial charge in [0.1, 0.15) is 10.7 Å². The average molecular weight is 235 g/mol. The summed E-state index contributed by atoms with van der Waals surface area (Å²) in [5.41, 5.74) is 12.2. The zero-order valence-corrected chi connectivity index (χ0v) is 9.59. The van der Waals surface area contributed by atoms with Crippen LogP contribution in [-0.2, 0) is 6.54 Å². The van der Waals surface area contributed by atoms with Gasteiger partial charge < -0.3 is 11.5 Å². The summed E-state index contributed by atoms with van der Waals surface area (Å²) < 4.78 is 0. The molecule has 5 heteroatoms. The highest BCUT2D eigenvalue weighted by molar-refractivity contribution is 7.13. The van der Waals surface area contributed by atoms with Gasteiger partial charge in [-0.2, -0.15) is 0 Å². The molecule has 2 rings (SSSR count). The molecule has 0 spiro atoms. The Morgan fingerprint density at radius 1 is 1.50 bits per heavy atom. The number of rotatable bonds is 3. The van der Waals surface area contributed by atoms with Gasteiger partial charge in [0.2, 0.25) is 0 Å². The minimum atomic E-state index is -0.495. The van der Waals surface area contributed by atoms with E-state index >= 15 is 0 Å². The van der Waals surface area contributed by atoms with E-state index in [1.54, 1.807) is 0 Å². The molecule has 1 heterocycles. The van der Waals surface area contributed by atoms with Crippen molar-refractivity contribution in [3.05, 3.63) is 33.8 Å². The van der Waals surface area contributed by atoms with E-state index in [9.17, 15) is 4.79 Å². The zero-order chi connectivity index (χ0) is 11.5. The Kier molecular flexibility index (Phi) is 3.17. The van der Waals surface area contributed by atoms with Crippen LogP contribution in [0.25, 0.3) is 5.57 Å². The summed E-state index contributed by atoms with van der Waals surface area (Å²) in [5.74, 6) is -0.495. The molecule has 84 valence electrons. The summed E-state index contributed by atoms with van der Waals surface area (Å²) in [6.07, 6.45) is 8.21. The molecule has 1 aliphatic rings. The van der Waals surface area contributed by atoms with Gasteiger partial charge in [0.15, 0.2) is 0 Å². The molecule has 0 unspecified atom stereocenters. The SMILES string of the molecule is NCc1nc(C(N)=O)c(C2=CCCC=C2)s1. The lowest BCUT2D eigenvalue weighted by atomic mass is 10.0. The fourth-order valence-electron chi connectivity index (χ4n) is 1.60. The fraction of sp³-hybridized carbons (Fsp3) is 0.273. The summed E-state index contributed by atoms with van der Waals surface area (Å²) >= 11 is 1.44. The molecular formula is C11H13N3OS. The quantitative estimate of drug-likeness (QED) is 0.831. The number of aromatic nitrogens is 1. The predicted molar refractivity (Wildman–Crippen MR) is 64.9 cm³/mol. The molecule has 0 aromatic carbocycles. The summed E-state index contributed by atoms with van der Waals surface area (Å²) in [4.78, 5) is 16.3. The first-order chi connectivity index (χ1) is 7.72. The number of amides is 1. The third-order valence-corrected chi connectivity index (χ3v) is 3.46. The van der Waals surface area contributed by atoms with Gasteiger partial charge in [-0.25, -0.2) is 4.98 Å². The molecule has 1 aromatic heterocycles. The van der Waals surface area contributed by atoms with Crippen LogP contribution in [0.5, 0.6) is 0 Å². The van der Waals surface area contributed by atoms with Crippen molar-refractivity contribution < 1.29 is 4.79 Å². The standard InChI is InChI=1S/C11H13N3OS/c12-6-8-14-9(11(13)15)10(16-8)7-4-2-1-3-5-7/h2,4-5H,1,3,6,12H2,(H2,13,15). The second-order valence-corrected chi connectivity index (χ2v) is 4.58. The highest BCUT2D eigenvalue weighted by Crippen LogP contribution is 2.29. The molecule has 0 bridgehead atoms. The maximum Gasteiger partial charge on any atom is 0.268 e. The minimum Gasteiger partial charge on any atom is -0.364 e. The van der Waals surface area contributed by atoms with Crippen molar-refractivity contribution in [1.29, 1.82) is 0 Å². The van der Waals surface area contributed by atoms with Crippen molar-refractivity contribution in [2.45, 2.75) is 19.4 Å². The van der Waals surface area contributed by atoms with Crippen molar-refractivity contribution in [2.24, 2.45) is 11.5 Å². The molecule has 0 saturated heterocycles. The second kappa shape index (κ2) is 4.59. The van der Waals surface area contributed by atoms with Gasteiger partial charge >= 0.3 is 0 Å². The molecular weight excluding hydrogens is 222 g/mol. The molecule has 0 aliphatic heterocycles. The first-order valence-corrected chi connectivity index (χ1v) is 5.90. The van der Waals surface area contributed by atoms with Crippen LogP contribution in [-0.4, -0.2) is 10.9 Å². The Balaban J connectivity index is 2.46. The van der Waals surface area contributed by atoms with E-state index < -0.39 is 5.91 Å². The Hall–Kier alpha value is -1.46. The Morgan fingerprint density at radius 2 is 2.31 bits per heavy atom. The Labute approximate surface area is 97.7 Å². The van der Waals surface area contributed by atoms with E-state index in [0.717, 1.165) is 28.3 Å². The first-order valence-electron chi connectivity index (χ1n) is 5.09. The molecule has 16 heavy (non-hydrogen) atoms. The van der Waals surface area contributed by atoms with Crippen LogP contribution in [0.4, 0.5) is 0 Å². The van der Waals surface area contributed by atoms with Gasteiger partial charge in [-0.3, -0.25) is 4.79 Å². The van der Waals surface area contributed by atoms with Gasteiger partial charge in [-0.15, -0.1) is 11.3 Å². The largest absolute Gasteiger partial charge is 0.364 e. The molecule has 0 fully saturated rings. The van der Waals surface area contributed by atoms with E-state index in [-0.39, 0.29) is 0 Å². The predicted octanol–water partition coefficient (Wildman–Crippen LogP) is 1.43. The van der Waals surface area contributed by atoms with Crippen molar-refractivity contribution >= 4 is 22.8 Å². The topological polar surface area (TPSA) is 82.0 Å². The molecule has 4 N–H and O–H groups in total. The normalized spacial score (nSPS) is 14.9. The summed E-state index contributed by atoms with van der Waals surface area (Å²) in [5, 5.41) is 0.740. The smallest absolute Gasteiger partial charge is 0.268 e. The van der Waals surface area contributed by atoms with Crippen molar-refractivity contribution in [3.63, 3.8) is 0 Å². The van der Waals surface area contributed by atoms with Gasteiger partial charge in [-0.05, 0) is 18.4 Å². The lowest BCUT2D eigenvalue weighted by Gasteiger charge is -2.04. The van der Waals surface area contributed by atoms with E-state index in [4.69, 9.17) is 11.5 Å². The third-order valence-electron chi connectivity index (χ3n) is 2.34. The number of nitrogens with zero attached hydrogens (tertiary/aromatic N) is 1. The number of hydrogen-bond acceptors (Lipinski definition) is 4. The van der Waals surface area contributed by atoms with Crippen molar-refractivity contribution in [3.8, 4) is 0 Å². The zero-order valence-electron chi connectivity index (χ0n) is 8.77. The average Bonchev–Trinajstić information content (AvgIpc) is 2.74. The molecule has 0 saturated carbocycles. The van der Waals surface area contributed by atoms with Crippen LogP contribution in [0, 0.1) is 0 Å². The molecule has 0 radical (unpaired) electrons. The molecule has 1 aliphatic carbocycles. The van der Waals surface area contributed by atoms with E-state index in [1.165, 1.54) is 11.3 Å². The van der Waals surface area contributed by atoms with Crippen LogP contribution < -0.4 is 11.5 Å². The van der Waals surface area contributed by atoms with Crippen LogP contribution in [0.3, 0.4) is 0 Å². The van der Waals surface area contributed by atoms with Crippen molar-refractivity contribution in [2.75, 3.05) is 0 Å². The van der Waals surface area contributed by atoms with E-state index in [1.807, 2.05) is 6.08 Å². The summed E-state index contributed by atoms with van der Waals surface area (Å²) in [6.45, 7) is 0.335. The van der Waals surface area contributed by atoms with Crippen molar-refractivity contribution in [1.82, 2.24) is 4.98 Å². The van der Waals surface area contributed by atoms with Crippen LogP contribution in [0.1, 0.15) is 33.2 Å². The number of hydrogen-bond donors (Lipinski definition) is 2. The number of allylic oxidation sites excluding steroid dienone is 4. The van der Waals surface area contributed by atoms with Gasteiger partial charge in [-0.1, -0.05) is 18.2 Å². The molecule has 1 aromatic rings. The fourth-order valence-corrected chi connectivity index (χ4v) is 2.56. The Morgan fingerprint density at radius 3 is 2.88 bits per heavy atom. The highest BCUT2D eigenvalue weighted by atomic mass is 32.1. The lowest BCUT2D eigenvalue weighted by Crippen LogP contribution is -2.13. The monoisotopic (exact) mass is 235 g/mol. The van der Waals surface area contributed by atoms with Crippen LogP contribution in [0.15, 0.2) is 18.2 Å². The first kappa shape index (κ1) is 11.0. The number of primary amides is 1. The number of nitrogens with two attached hydrogens (primary N) is 2. The molecule has 0 atom stereocenters. The minimum absolute atomic E-state index is 0.335. The molecule has 1 amide bonds.